The minimum atomic E-state index is -0.641. The lowest BCUT2D eigenvalue weighted by atomic mass is 10.1. The number of nitro benzene ring substituents is 1. The quantitative estimate of drug-likeness (QED) is 0.503. The zero-order valence-electron chi connectivity index (χ0n) is 11.5. The first-order valence-electron chi connectivity index (χ1n) is 6.51. The number of amides is 1. The number of anilines is 1. The van der Waals surface area contributed by atoms with Crippen LogP contribution in [0, 0.1) is 10.1 Å². The summed E-state index contributed by atoms with van der Waals surface area (Å²) in [6, 6.07) is 2.62. The number of hydrogen-bond acceptors (Lipinski definition) is 5. The predicted molar refractivity (Wildman–Crippen MR) is 84.9 cm³/mol. The van der Waals surface area contributed by atoms with E-state index in [2.05, 4.69) is 5.32 Å². The minimum Gasteiger partial charge on any atom is -0.392 e. The number of thioether (sulfide) groups is 1. The second-order valence-corrected chi connectivity index (χ2v) is 6.42. The summed E-state index contributed by atoms with van der Waals surface area (Å²) in [4.78, 5) is 22.5. The maximum Gasteiger partial charge on any atom is 0.294 e. The molecule has 0 bridgehead atoms. The van der Waals surface area contributed by atoms with Crippen molar-refractivity contribution in [1.82, 2.24) is 5.32 Å². The van der Waals surface area contributed by atoms with Crippen molar-refractivity contribution in [2.45, 2.75) is 30.6 Å². The summed E-state index contributed by atoms with van der Waals surface area (Å²) >= 11 is 7.59. The van der Waals surface area contributed by atoms with Crippen LogP contribution in [0.15, 0.2) is 12.1 Å². The van der Waals surface area contributed by atoms with Crippen LogP contribution in [0.5, 0.6) is 0 Å². The molecular formula is C13H16ClN3O3S. The number of nitrogens with two attached hydrogens (primary N) is 1. The average Bonchev–Trinajstić information content (AvgIpc) is 2.88. The summed E-state index contributed by atoms with van der Waals surface area (Å²) in [7, 11) is 0. The molecule has 0 heterocycles. The normalized spacial score (nSPS) is 21.2. The van der Waals surface area contributed by atoms with Crippen LogP contribution in [0.2, 0.25) is 5.02 Å². The molecule has 0 aromatic heterocycles. The molecule has 3 N–H and O–H groups in total. The van der Waals surface area contributed by atoms with Crippen LogP contribution in [-0.4, -0.2) is 28.4 Å². The Labute approximate surface area is 131 Å². The molecular weight excluding hydrogens is 314 g/mol. The fourth-order valence-electron chi connectivity index (χ4n) is 2.51. The molecule has 1 aliphatic rings. The van der Waals surface area contributed by atoms with Crippen molar-refractivity contribution in [2.75, 3.05) is 12.0 Å². The molecule has 6 nitrogen and oxygen atoms in total. The zero-order valence-corrected chi connectivity index (χ0v) is 13.0. The van der Waals surface area contributed by atoms with E-state index in [0.717, 1.165) is 19.3 Å². The molecule has 2 rings (SSSR count). The van der Waals surface area contributed by atoms with E-state index in [1.165, 1.54) is 12.1 Å². The van der Waals surface area contributed by atoms with Gasteiger partial charge >= 0.3 is 0 Å². The third-order valence-electron chi connectivity index (χ3n) is 3.64. The van der Waals surface area contributed by atoms with Gasteiger partial charge < -0.3 is 11.1 Å². The molecule has 8 heteroatoms. The Hall–Kier alpha value is -1.47. The van der Waals surface area contributed by atoms with Crippen molar-refractivity contribution in [3.63, 3.8) is 0 Å². The van der Waals surface area contributed by atoms with E-state index in [0.29, 0.717) is 5.25 Å². The van der Waals surface area contributed by atoms with Crippen LogP contribution in [0.4, 0.5) is 11.4 Å². The third kappa shape index (κ3) is 3.41. The Bertz CT molecular complexity index is 582. The van der Waals surface area contributed by atoms with Gasteiger partial charge in [0.15, 0.2) is 0 Å². The molecule has 1 aromatic rings. The highest BCUT2D eigenvalue weighted by Crippen LogP contribution is 2.32. The van der Waals surface area contributed by atoms with E-state index in [4.69, 9.17) is 17.3 Å². The maximum absolute atomic E-state index is 12.3. The number of nitro groups is 1. The third-order valence-corrected chi connectivity index (χ3v) is 5.12. The minimum absolute atomic E-state index is 0.0159. The van der Waals surface area contributed by atoms with Gasteiger partial charge in [-0.25, -0.2) is 0 Å². The average molecular weight is 330 g/mol. The summed E-state index contributed by atoms with van der Waals surface area (Å²) in [5.74, 6) is -0.356. The van der Waals surface area contributed by atoms with Crippen LogP contribution in [0.1, 0.15) is 29.6 Å². The van der Waals surface area contributed by atoms with Crippen molar-refractivity contribution in [1.29, 1.82) is 0 Å². The van der Waals surface area contributed by atoms with Crippen LogP contribution in [0.25, 0.3) is 0 Å². The number of nitrogens with zero attached hydrogens (tertiary/aromatic N) is 1. The number of halogens is 1. The fourth-order valence-corrected chi connectivity index (χ4v) is 3.66. The summed E-state index contributed by atoms with van der Waals surface area (Å²) in [6.07, 6.45) is 5.07. The number of nitrogens with one attached hydrogen (secondary N) is 1. The number of nitrogen functional groups attached to an aromatic ring is 1. The van der Waals surface area contributed by atoms with Crippen molar-refractivity contribution in [3.05, 3.63) is 32.8 Å². The van der Waals surface area contributed by atoms with Crippen LogP contribution in [-0.2, 0) is 0 Å². The van der Waals surface area contributed by atoms with Gasteiger partial charge in [-0.3, -0.25) is 14.9 Å². The molecule has 1 saturated carbocycles. The Balaban J connectivity index is 2.21. The van der Waals surface area contributed by atoms with E-state index in [1.807, 2.05) is 6.26 Å². The van der Waals surface area contributed by atoms with E-state index >= 15 is 0 Å². The summed E-state index contributed by atoms with van der Waals surface area (Å²) in [6.45, 7) is 0. The zero-order chi connectivity index (χ0) is 15.6. The molecule has 0 aliphatic heterocycles. The Morgan fingerprint density at radius 2 is 2.24 bits per heavy atom. The van der Waals surface area contributed by atoms with Crippen molar-refractivity contribution in [2.24, 2.45) is 0 Å². The Morgan fingerprint density at radius 1 is 1.52 bits per heavy atom. The summed E-state index contributed by atoms with van der Waals surface area (Å²) < 4.78 is 0. The lowest BCUT2D eigenvalue weighted by Crippen LogP contribution is -2.38. The molecule has 1 aliphatic carbocycles. The molecule has 21 heavy (non-hydrogen) atoms. The molecule has 1 aromatic carbocycles. The van der Waals surface area contributed by atoms with Gasteiger partial charge in [0.25, 0.3) is 11.6 Å². The lowest BCUT2D eigenvalue weighted by molar-refractivity contribution is -0.383. The van der Waals surface area contributed by atoms with Crippen LogP contribution >= 0.6 is 23.4 Å². The SMILES string of the molecule is CSC1CCCC1NC(=O)c1cc(Cl)c(N)c([N+](=O)[O-])c1. The van der Waals surface area contributed by atoms with Gasteiger partial charge in [-0.2, -0.15) is 11.8 Å². The lowest BCUT2D eigenvalue weighted by Gasteiger charge is -2.19. The number of rotatable bonds is 4. The maximum atomic E-state index is 12.3. The second kappa shape index (κ2) is 6.53. The predicted octanol–water partition coefficient (Wildman–Crippen LogP) is 2.84. The highest BCUT2D eigenvalue weighted by Gasteiger charge is 2.29. The first-order valence-corrected chi connectivity index (χ1v) is 8.17. The standard InChI is InChI=1S/C13H16ClN3O3S/c1-21-11-4-2-3-9(11)16-13(18)7-5-8(14)12(15)10(6-7)17(19)20/h5-6,9,11H,2-4,15H2,1H3,(H,16,18). The molecule has 0 spiro atoms. The highest BCUT2D eigenvalue weighted by atomic mass is 35.5. The summed E-state index contributed by atoms with van der Waals surface area (Å²) in [5, 5.41) is 14.2. The molecule has 0 radical (unpaired) electrons. The van der Waals surface area contributed by atoms with Crippen LogP contribution < -0.4 is 11.1 Å². The van der Waals surface area contributed by atoms with Gasteiger partial charge in [0, 0.05) is 22.9 Å². The molecule has 2 atom stereocenters. The Morgan fingerprint density at radius 3 is 2.86 bits per heavy atom. The topological polar surface area (TPSA) is 98.3 Å². The van der Waals surface area contributed by atoms with E-state index < -0.39 is 4.92 Å². The van der Waals surface area contributed by atoms with E-state index in [9.17, 15) is 14.9 Å². The highest BCUT2D eigenvalue weighted by molar-refractivity contribution is 7.99. The van der Waals surface area contributed by atoms with Crippen molar-refractivity contribution in [3.8, 4) is 0 Å². The molecule has 1 fully saturated rings. The first-order chi connectivity index (χ1) is 9.93. The first kappa shape index (κ1) is 15.9. The smallest absolute Gasteiger partial charge is 0.294 e. The van der Waals surface area contributed by atoms with Gasteiger partial charge in [0.05, 0.1) is 9.95 Å². The largest absolute Gasteiger partial charge is 0.392 e. The molecule has 0 saturated heterocycles. The fraction of sp³-hybridized carbons (Fsp3) is 0.462. The molecule has 1 amide bonds. The van der Waals surface area contributed by atoms with Crippen molar-refractivity contribution >= 4 is 40.6 Å². The van der Waals surface area contributed by atoms with Crippen molar-refractivity contribution < 1.29 is 9.72 Å². The van der Waals surface area contributed by atoms with E-state index in [-0.39, 0.29) is 33.9 Å². The number of carbonyl (C=O) groups is 1. The van der Waals surface area contributed by atoms with Gasteiger partial charge in [-0.1, -0.05) is 18.0 Å². The van der Waals surface area contributed by atoms with Crippen LogP contribution in [0.3, 0.4) is 0 Å². The number of carbonyl (C=O) groups excluding carboxylic acids is 1. The summed E-state index contributed by atoms with van der Waals surface area (Å²) in [5.41, 5.74) is 5.24. The Kier molecular flexibility index (Phi) is 4.95. The second-order valence-electron chi connectivity index (χ2n) is 4.93. The van der Waals surface area contributed by atoms with Gasteiger partial charge in [-0.05, 0) is 25.2 Å². The molecule has 2 unspecified atom stereocenters. The van der Waals surface area contributed by atoms with Gasteiger partial charge in [0.1, 0.15) is 5.69 Å². The monoisotopic (exact) mass is 329 g/mol. The van der Waals surface area contributed by atoms with Gasteiger partial charge in [0.2, 0.25) is 0 Å². The molecule has 114 valence electrons. The number of hydrogen-bond donors (Lipinski definition) is 2. The van der Waals surface area contributed by atoms with E-state index in [1.54, 1.807) is 11.8 Å². The number of benzene rings is 1. The van der Waals surface area contributed by atoms with Gasteiger partial charge in [-0.15, -0.1) is 0 Å².